The molecule has 0 heterocycles. The van der Waals surface area contributed by atoms with Crippen LogP contribution in [0.4, 0.5) is 0 Å². The second kappa shape index (κ2) is 19.0. The normalized spacial score (nSPS) is 22.1. The van der Waals surface area contributed by atoms with E-state index in [9.17, 15) is 35.0 Å². The van der Waals surface area contributed by atoms with E-state index in [1.54, 1.807) is 0 Å². The molecule has 2 unspecified atom stereocenters. The minimum absolute atomic E-state index is 0.0341. The van der Waals surface area contributed by atoms with Gasteiger partial charge < -0.3 is 25.5 Å². The highest BCUT2D eigenvalue weighted by Crippen LogP contribution is 2.37. The van der Waals surface area contributed by atoms with Crippen molar-refractivity contribution in [1.82, 2.24) is 5.32 Å². The van der Waals surface area contributed by atoms with Gasteiger partial charge in [-0.05, 0) is 69.3 Å². The number of hydrogen-bond acceptors (Lipinski definition) is 7. The number of amides is 1. The SMILES string of the molecule is CCNC(=O)CCC/C=C\CC1[C@@H](/C=C/C(CCc2ccccc2)[C@H](CCCCO[N+](=O)[O-])C(=O)O)[C@H](O)C[C@@H]1O. The Morgan fingerprint density at radius 2 is 1.88 bits per heavy atom. The number of rotatable bonds is 20. The lowest BCUT2D eigenvalue weighted by molar-refractivity contribution is -0.757. The molecule has 0 bridgehead atoms. The highest BCUT2D eigenvalue weighted by atomic mass is 16.9. The Balaban J connectivity index is 2.08. The summed E-state index contributed by atoms with van der Waals surface area (Å²) in [6, 6.07) is 9.82. The molecule has 0 saturated heterocycles. The molecule has 10 nitrogen and oxygen atoms in total. The molecule has 1 saturated carbocycles. The second-order valence-electron chi connectivity index (χ2n) is 10.7. The average molecular weight is 575 g/mol. The molecule has 0 aliphatic heterocycles. The molecule has 1 amide bonds. The summed E-state index contributed by atoms with van der Waals surface area (Å²) in [5.41, 5.74) is 1.10. The van der Waals surface area contributed by atoms with Gasteiger partial charge in [0, 0.05) is 25.3 Å². The van der Waals surface area contributed by atoms with Crippen LogP contribution in [0, 0.1) is 33.8 Å². The third kappa shape index (κ3) is 12.9. The van der Waals surface area contributed by atoms with E-state index in [2.05, 4.69) is 10.2 Å². The number of allylic oxidation sites excluding steroid dienone is 3. The lowest BCUT2D eigenvalue weighted by Crippen LogP contribution is -2.25. The Hall–Kier alpha value is -3.24. The van der Waals surface area contributed by atoms with Crippen LogP contribution in [-0.2, 0) is 20.8 Å². The molecule has 6 atom stereocenters. The van der Waals surface area contributed by atoms with Crippen LogP contribution in [0.3, 0.4) is 0 Å². The Labute approximate surface area is 242 Å². The molecule has 1 aromatic rings. The van der Waals surface area contributed by atoms with E-state index >= 15 is 0 Å². The smallest absolute Gasteiger partial charge is 0.307 e. The van der Waals surface area contributed by atoms with Crippen molar-refractivity contribution in [3.8, 4) is 0 Å². The van der Waals surface area contributed by atoms with Crippen molar-refractivity contribution in [2.75, 3.05) is 13.2 Å². The lowest BCUT2D eigenvalue weighted by Gasteiger charge is -2.24. The molecular formula is C31H46N2O8. The van der Waals surface area contributed by atoms with Crippen molar-refractivity contribution in [2.45, 2.75) is 83.3 Å². The maximum Gasteiger partial charge on any atom is 0.307 e. The number of carboxylic acid groups (broad SMARTS) is 1. The fraction of sp³-hybridized carbons (Fsp3) is 0.613. The fourth-order valence-electron chi connectivity index (χ4n) is 5.55. The quantitative estimate of drug-likeness (QED) is 0.0768. The summed E-state index contributed by atoms with van der Waals surface area (Å²) >= 11 is 0. The van der Waals surface area contributed by atoms with Crippen LogP contribution in [-0.4, -0.2) is 57.6 Å². The zero-order valence-corrected chi connectivity index (χ0v) is 24.0. The lowest BCUT2D eigenvalue weighted by atomic mass is 9.81. The van der Waals surface area contributed by atoms with Gasteiger partial charge in [-0.1, -0.05) is 61.1 Å². The molecule has 0 radical (unpaired) electrons. The topological polar surface area (TPSA) is 159 Å². The number of aliphatic hydroxyl groups is 2. The molecule has 1 aliphatic rings. The maximum absolute atomic E-state index is 12.3. The Bertz CT molecular complexity index is 984. The van der Waals surface area contributed by atoms with Gasteiger partial charge in [0.25, 0.3) is 5.09 Å². The predicted molar refractivity (Wildman–Crippen MR) is 155 cm³/mol. The van der Waals surface area contributed by atoms with E-state index < -0.39 is 29.2 Å². The zero-order chi connectivity index (χ0) is 30.0. The number of aliphatic hydroxyl groups excluding tert-OH is 2. The van der Waals surface area contributed by atoms with Crippen LogP contribution in [0.2, 0.25) is 0 Å². The van der Waals surface area contributed by atoms with Gasteiger partial charge in [0.1, 0.15) is 0 Å². The largest absolute Gasteiger partial charge is 0.481 e. The summed E-state index contributed by atoms with van der Waals surface area (Å²) in [5, 5.41) is 43.8. The standard InChI is InChI=1S/C31H46N2O8/c1-2-32-30(36)16-9-4-3-8-15-26-27(29(35)22-28(26)34)20-19-24(18-17-23-12-6-5-7-13-23)25(31(37)38)14-10-11-21-41-33(39)40/h3,5-8,12-13,19-20,24-29,34-35H,2,4,9-11,14-18,21-22H2,1H3,(H,32,36)(H,37,38)/b8-3-,20-19+/t24?,25-,26?,27+,28-,29+/m0/s1. The van der Waals surface area contributed by atoms with Gasteiger partial charge in [-0.3, -0.25) is 9.59 Å². The summed E-state index contributed by atoms with van der Waals surface area (Å²) in [5.74, 6) is -2.42. The number of hydrogen-bond donors (Lipinski definition) is 4. The number of aliphatic carboxylic acids is 1. The van der Waals surface area contributed by atoms with Crippen molar-refractivity contribution in [2.24, 2.45) is 23.7 Å². The van der Waals surface area contributed by atoms with Crippen molar-refractivity contribution < 1.29 is 34.8 Å². The molecular weight excluding hydrogens is 528 g/mol. The number of carbonyl (C=O) groups excluding carboxylic acids is 1. The van der Waals surface area contributed by atoms with Crippen molar-refractivity contribution in [3.05, 3.63) is 70.3 Å². The van der Waals surface area contributed by atoms with Gasteiger partial charge in [0.15, 0.2) is 0 Å². The molecule has 1 aliphatic carbocycles. The second-order valence-corrected chi connectivity index (χ2v) is 10.7. The highest BCUT2D eigenvalue weighted by molar-refractivity contribution is 5.75. The molecule has 2 rings (SSSR count). The number of benzene rings is 1. The van der Waals surface area contributed by atoms with Crippen molar-refractivity contribution in [3.63, 3.8) is 0 Å². The van der Waals surface area contributed by atoms with Crippen LogP contribution in [0.5, 0.6) is 0 Å². The molecule has 4 N–H and O–H groups in total. The van der Waals surface area contributed by atoms with Crippen LogP contribution in [0.15, 0.2) is 54.6 Å². The van der Waals surface area contributed by atoms with Gasteiger partial charge in [-0.15, -0.1) is 10.1 Å². The zero-order valence-electron chi connectivity index (χ0n) is 24.0. The van der Waals surface area contributed by atoms with E-state index in [1.165, 1.54) is 0 Å². The van der Waals surface area contributed by atoms with Gasteiger partial charge in [0.2, 0.25) is 5.91 Å². The van der Waals surface area contributed by atoms with E-state index in [1.807, 2.05) is 61.6 Å². The number of unbranched alkanes of at least 4 members (excludes halogenated alkanes) is 2. The van der Waals surface area contributed by atoms with E-state index in [-0.39, 0.29) is 36.7 Å². The van der Waals surface area contributed by atoms with E-state index in [4.69, 9.17) is 0 Å². The minimum Gasteiger partial charge on any atom is -0.481 e. The summed E-state index contributed by atoms with van der Waals surface area (Å²) in [4.78, 5) is 38.7. The third-order valence-electron chi connectivity index (χ3n) is 7.77. The monoisotopic (exact) mass is 574 g/mol. The van der Waals surface area contributed by atoms with E-state index in [0.29, 0.717) is 51.5 Å². The first-order chi connectivity index (χ1) is 19.7. The van der Waals surface area contributed by atoms with Crippen LogP contribution >= 0.6 is 0 Å². The van der Waals surface area contributed by atoms with E-state index in [0.717, 1.165) is 18.4 Å². The van der Waals surface area contributed by atoms with Crippen LogP contribution in [0.25, 0.3) is 0 Å². The fourth-order valence-corrected chi connectivity index (χ4v) is 5.55. The maximum atomic E-state index is 12.3. The molecule has 41 heavy (non-hydrogen) atoms. The number of carbonyl (C=O) groups is 2. The molecule has 1 fully saturated rings. The first kappa shape index (κ1) is 34.0. The number of nitrogens with one attached hydrogen (secondary N) is 1. The predicted octanol–water partition coefficient (Wildman–Crippen LogP) is 4.48. The number of nitrogens with zero attached hydrogens (tertiary/aromatic N) is 1. The Kier molecular flexibility index (Phi) is 15.7. The summed E-state index contributed by atoms with van der Waals surface area (Å²) < 4.78 is 0. The highest BCUT2D eigenvalue weighted by Gasteiger charge is 2.39. The summed E-state index contributed by atoms with van der Waals surface area (Å²) in [6.45, 7) is 2.43. The van der Waals surface area contributed by atoms with Gasteiger partial charge in [-0.25, -0.2) is 0 Å². The van der Waals surface area contributed by atoms with Gasteiger partial charge >= 0.3 is 5.97 Å². The van der Waals surface area contributed by atoms with Gasteiger partial charge in [0.05, 0.1) is 24.7 Å². The van der Waals surface area contributed by atoms with Crippen molar-refractivity contribution in [1.29, 1.82) is 0 Å². The number of aryl methyl sites for hydroxylation is 1. The molecule has 1 aromatic carbocycles. The van der Waals surface area contributed by atoms with Crippen molar-refractivity contribution >= 4 is 11.9 Å². The van der Waals surface area contributed by atoms with Crippen LogP contribution < -0.4 is 5.32 Å². The molecule has 10 heteroatoms. The Morgan fingerprint density at radius 1 is 1.12 bits per heavy atom. The number of carboxylic acids is 1. The molecule has 0 spiro atoms. The average Bonchev–Trinajstić information content (AvgIpc) is 3.20. The first-order valence-electron chi connectivity index (χ1n) is 14.7. The van der Waals surface area contributed by atoms with Gasteiger partial charge in [-0.2, -0.15) is 0 Å². The van der Waals surface area contributed by atoms with Crippen LogP contribution in [0.1, 0.15) is 70.3 Å². The first-order valence-corrected chi connectivity index (χ1v) is 14.7. The molecule has 228 valence electrons. The summed E-state index contributed by atoms with van der Waals surface area (Å²) in [7, 11) is 0. The molecule has 0 aromatic heterocycles. The minimum atomic E-state index is -0.929. The Morgan fingerprint density at radius 3 is 2.56 bits per heavy atom. The summed E-state index contributed by atoms with van der Waals surface area (Å²) in [6.07, 6.45) is 11.6. The third-order valence-corrected chi connectivity index (χ3v) is 7.77.